The van der Waals surface area contributed by atoms with Crippen LogP contribution < -0.4 is 15.8 Å². The highest BCUT2D eigenvalue weighted by atomic mass is 16.5. The van der Waals surface area contributed by atoms with Crippen molar-refractivity contribution in [2.45, 2.75) is 32.2 Å². The summed E-state index contributed by atoms with van der Waals surface area (Å²) in [5.74, 6) is 0.675. The minimum Gasteiger partial charge on any atom is -0.492 e. The van der Waals surface area contributed by atoms with Crippen LogP contribution in [0.25, 0.3) is 10.8 Å². The van der Waals surface area contributed by atoms with Crippen molar-refractivity contribution in [1.29, 1.82) is 0 Å². The number of ether oxygens (including phenoxy) is 1. The zero-order chi connectivity index (χ0) is 16.0. The quantitative estimate of drug-likeness (QED) is 0.773. The number of nitrogens with two attached hydrogens (primary N) is 1. The maximum atomic E-state index is 11.9. The molecule has 118 valence electrons. The molecule has 2 aromatic rings. The van der Waals surface area contributed by atoms with Crippen LogP contribution in [0, 0.1) is 0 Å². The van der Waals surface area contributed by atoms with Gasteiger partial charge in [-0.1, -0.05) is 43.7 Å². The van der Waals surface area contributed by atoms with Crippen LogP contribution in [0.5, 0.6) is 5.75 Å². The van der Waals surface area contributed by atoms with Gasteiger partial charge in [-0.15, -0.1) is 0 Å². The zero-order valence-electron chi connectivity index (χ0n) is 13.3. The highest BCUT2D eigenvalue weighted by molar-refractivity contribution is 5.85. The Kier molecular flexibility index (Phi) is 5.39. The standard InChI is InChI=1S/C18H24N2O2/c1-3-10-18(2,19)17(21)20-11-12-22-16-9-8-14-6-4-5-7-15(14)13-16/h4-9,13H,3,10-12,19H2,1-2H3,(H,20,21). The molecule has 1 amide bonds. The Morgan fingerprint density at radius 2 is 1.95 bits per heavy atom. The summed E-state index contributed by atoms with van der Waals surface area (Å²) in [4.78, 5) is 11.9. The molecule has 0 aliphatic carbocycles. The van der Waals surface area contributed by atoms with E-state index in [0.717, 1.165) is 17.6 Å². The Hall–Kier alpha value is -2.07. The molecule has 4 heteroatoms. The van der Waals surface area contributed by atoms with Gasteiger partial charge in [0, 0.05) is 0 Å². The zero-order valence-corrected chi connectivity index (χ0v) is 13.3. The van der Waals surface area contributed by atoms with Crippen LogP contribution in [-0.2, 0) is 4.79 Å². The molecule has 0 radical (unpaired) electrons. The van der Waals surface area contributed by atoms with Crippen LogP contribution in [0.15, 0.2) is 42.5 Å². The highest BCUT2D eigenvalue weighted by Crippen LogP contribution is 2.20. The van der Waals surface area contributed by atoms with Crippen molar-refractivity contribution in [3.05, 3.63) is 42.5 Å². The lowest BCUT2D eigenvalue weighted by molar-refractivity contribution is -0.126. The number of fused-ring (bicyclic) bond motifs is 1. The summed E-state index contributed by atoms with van der Waals surface area (Å²) in [6, 6.07) is 14.1. The number of benzene rings is 2. The molecule has 1 atom stereocenters. The lowest BCUT2D eigenvalue weighted by Gasteiger charge is -2.22. The SMILES string of the molecule is CCCC(C)(N)C(=O)NCCOc1ccc2ccccc2c1. The van der Waals surface area contributed by atoms with Crippen LogP contribution in [0.3, 0.4) is 0 Å². The van der Waals surface area contributed by atoms with Gasteiger partial charge in [0.15, 0.2) is 0 Å². The van der Waals surface area contributed by atoms with Crippen molar-refractivity contribution >= 4 is 16.7 Å². The first kappa shape index (κ1) is 16.3. The number of rotatable bonds is 7. The van der Waals surface area contributed by atoms with E-state index in [2.05, 4.69) is 17.4 Å². The van der Waals surface area contributed by atoms with Gasteiger partial charge in [0.2, 0.25) is 5.91 Å². The molecule has 0 spiro atoms. The molecular formula is C18H24N2O2. The van der Waals surface area contributed by atoms with Crippen molar-refractivity contribution in [1.82, 2.24) is 5.32 Å². The highest BCUT2D eigenvalue weighted by Gasteiger charge is 2.26. The average molecular weight is 300 g/mol. The van der Waals surface area contributed by atoms with E-state index in [1.807, 2.05) is 37.3 Å². The number of nitrogens with one attached hydrogen (secondary N) is 1. The number of amides is 1. The van der Waals surface area contributed by atoms with Crippen molar-refractivity contribution in [2.75, 3.05) is 13.2 Å². The van der Waals surface area contributed by atoms with E-state index in [1.54, 1.807) is 6.92 Å². The molecule has 22 heavy (non-hydrogen) atoms. The second kappa shape index (κ2) is 7.27. The van der Waals surface area contributed by atoms with Gasteiger partial charge in [0.25, 0.3) is 0 Å². The molecule has 0 aliphatic heterocycles. The summed E-state index contributed by atoms with van der Waals surface area (Å²) in [6.45, 7) is 4.64. The molecule has 0 bridgehead atoms. The van der Waals surface area contributed by atoms with E-state index in [4.69, 9.17) is 10.5 Å². The molecule has 3 N–H and O–H groups in total. The molecular weight excluding hydrogens is 276 g/mol. The Bertz CT molecular complexity index is 638. The predicted octanol–water partition coefficient (Wildman–Crippen LogP) is 2.85. The molecule has 0 saturated heterocycles. The largest absolute Gasteiger partial charge is 0.492 e. The maximum absolute atomic E-state index is 11.9. The molecule has 0 aromatic heterocycles. The number of carbonyl (C=O) groups is 1. The first-order valence-electron chi connectivity index (χ1n) is 7.72. The first-order valence-corrected chi connectivity index (χ1v) is 7.72. The minimum absolute atomic E-state index is 0.128. The Morgan fingerprint density at radius 1 is 1.23 bits per heavy atom. The molecule has 1 unspecified atom stereocenters. The van der Waals surface area contributed by atoms with E-state index < -0.39 is 5.54 Å². The molecule has 0 saturated carbocycles. The van der Waals surface area contributed by atoms with Crippen LogP contribution in [0.4, 0.5) is 0 Å². The smallest absolute Gasteiger partial charge is 0.239 e. The molecule has 0 aliphatic rings. The summed E-state index contributed by atoms with van der Waals surface area (Å²) < 4.78 is 5.68. The summed E-state index contributed by atoms with van der Waals surface area (Å²) in [5, 5.41) is 5.15. The molecule has 4 nitrogen and oxygen atoms in total. The predicted molar refractivity (Wildman–Crippen MR) is 90.0 cm³/mol. The lowest BCUT2D eigenvalue weighted by atomic mass is 9.97. The Morgan fingerprint density at radius 3 is 2.68 bits per heavy atom. The number of hydrogen-bond acceptors (Lipinski definition) is 3. The Labute approximate surface area is 131 Å². The van der Waals surface area contributed by atoms with Gasteiger partial charge in [-0.2, -0.15) is 0 Å². The summed E-state index contributed by atoms with van der Waals surface area (Å²) >= 11 is 0. The average Bonchev–Trinajstić information content (AvgIpc) is 2.51. The van der Waals surface area contributed by atoms with Gasteiger partial charge in [-0.3, -0.25) is 4.79 Å². The fourth-order valence-corrected chi connectivity index (χ4v) is 2.43. The van der Waals surface area contributed by atoms with E-state index in [0.29, 0.717) is 19.6 Å². The third-order valence-electron chi connectivity index (χ3n) is 3.67. The van der Waals surface area contributed by atoms with Gasteiger partial charge in [0.1, 0.15) is 12.4 Å². The van der Waals surface area contributed by atoms with E-state index in [1.165, 1.54) is 5.39 Å². The monoisotopic (exact) mass is 300 g/mol. The first-order chi connectivity index (χ1) is 10.5. The summed E-state index contributed by atoms with van der Waals surface area (Å²) in [7, 11) is 0. The van der Waals surface area contributed by atoms with E-state index >= 15 is 0 Å². The third kappa shape index (κ3) is 4.21. The van der Waals surface area contributed by atoms with Crippen molar-refractivity contribution < 1.29 is 9.53 Å². The molecule has 2 rings (SSSR count). The minimum atomic E-state index is -0.808. The maximum Gasteiger partial charge on any atom is 0.239 e. The number of carbonyl (C=O) groups excluding carboxylic acids is 1. The molecule has 0 fully saturated rings. The van der Waals surface area contributed by atoms with Crippen LogP contribution in [-0.4, -0.2) is 24.6 Å². The normalized spacial score (nSPS) is 13.6. The topological polar surface area (TPSA) is 64.4 Å². The van der Waals surface area contributed by atoms with Gasteiger partial charge in [-0.25, -0.2) is 0 Å². The molecule has 0 heterocycles. The fraction of sp³-hybridized carbons (Fsp3) is 0.389. The van der Waals surface area contributed by atoms with Crippen molar-refractivity contribution in [3.63, 3.8) is 0 Å². The van der Waals surface area contributed by atoms with Crippen LogP contribution >= 0.6 is 0 Å². The molecule has 2 aromatic carbocycles. The van der Waals surface area contributed by atoms with Crippen molar-refractivity contribution in [2.24, 2.45) is 5.73 Å². The van der Waals surface area contributed by atoms with Gasteiger partial charge >= 0.3 is 0 Å². The van der Waals surface area contributed by atoms with Crippen molar-refractivity contribution in [3.8, 4) is 5.75 Å². The second-order valence-electron chi connectivity index (χ2n) is 5.78. The summed E-state index contributed by atoms with van der Waals surface area (Å²) in [6.07, 6.45) is 1.55. The van der Waals surface area contributed by atoms with Crippen LogP contribution in [0.1, 0.15) is 26.7 Å². The van der Waals surface area contributed by atoms with Gasteiger partial charge in [-0.05, 0) is 36.2 Å². The third-order valence-corrected chi connectivity index (χ3v) is 3.67. The van der Waals surface area contributed by atoms with Gasteiger partial charge in [0.05, 0.1) is 12.1 Å². The summed E-state index contributed by atoms with van der Waals surface area (Å²) in [5.41, 5.74) is 5.17. The fourth-order valence-electron chi connectivity index (χ4n) is 2.43. The Balaban J connectivity index is 1.81. The van der Waals surface area contributed by atoms with E-state index in [-0.39, 0.29) is 5.91 Å². The van der Waals surface area contributed by atoms with E-state index in [9.17, 15) is 4.79 Å². The second-order valence-corrected chi connectivity index (χ2v) is 5.78. The van der Waals surface area contributed by atoms with Crippen LogP contribution in [0.2, 0.25) is 0 Å². The lowest BCUT2D eigenvalue weighted by Crippen LogP contribution is -2.52. The van der Waals surface area contributed by atoms with Gasteiger partial charge < -0.3 is 15.8 Å². The number of hydrogen-bond donors (Lipinski definition) is 2.